The lowest BCUT2D eigenvalue weighted by Gasteiger charge is -2.33. The van der Waals surface area contributed by atoms with E-state index in [1.807, 2.05) is 32.9 Å². The van der Waals surface area contributed by atoms with Gasteiger partial charge in [-0.2, -0.15) is 18.3 Å². The summed E-state index contributed by atoms with van der Waals surface area (Å²) in [6, 6.07) is 10.6. The van der Waals surface area contributed by atoms with Gasteiger partial charge in [-0.3, -0.25) is 9.78 Å². The van der Waals surface area contributed by atoms with Crippen molar-refractivity contribution >= 4 is 34.3 Å². The zero-order valence-electron chi connectivity index (χ0n) is 26.3. The fraction of sp³-hybridized carbons (Fsp3) is 0.353. The van der Waals surface area contributed by atoms with Gasteiger partial charge in [0.25, 0.3) is 5.91 Å². The minimum atomic E-state index is -4.88. The first-order chi connectivity index (χ1) is 22.2. The molecule has 246 valence electrons. The van der Waals surface area contributed by atoms with Gasteiger partial charge in [0.2, 0.25) is 0 Å². The van der Waals surface area contributed by atoms with Crippen LogP contribution < -0.4 is 10.6 Å². The number of likely N-dealkylation sites (tertiary alicyclic amines) is 1. The molecule has 0 aliphatic carbocycles. The van der Waals surface area contributed by atoms with Crippen LogP contribution in [0.1, 0.15) is 69.3 Å². The highest BCUT2D eigenvalue weighted by Crippen LogP contribution is 2.41. The van der Waals surface area contributed by atoms with E-state index in [9.17, 15) is 27.2 Å². The topological polar surface area (TPSA) is 101 Å². The lowest BCUT2D eigenvalue weighted by molar-refractivity contribution is -0.140. The summed E-state index contributed by atoms with van der Waals surface area (Å²) in [5, 5.41) is 12.7. The van der Waals surface area contributed by atoms with Gasteiger partial charge in [0, 0.05) is 54.2 Å². The second kappa shape index (κ2) is 12.0. The van der Waals surface area contributed by atoms with Gasteiger partial charge in [-0.15, -0.1) is 0 Å². The lowest BCUT2D eigenvalue weighted by atomic mass is 9.93. The van der Waals surface area contributed by atoms with Crippen molar-refractivity contribution in [3.63, 3.8) is 0 Å². The number of fused-ring (bicyclic) bond motifs is 2. The number of amides is 2. The van der Waals surface area contributed by atoms with Crippen molar-refractivity contribution in [3.8, 4) is 0 Å². The van der Waals surface area contributed by atoms with E-state index in [1.54, 1.807) is 42.4 Å². The molecule has 47 heavy (non-hydrogen) atoms. The van der Waals surface area contributed by atoms with Crippen molar-refractivity contribution in [1.82, 2.24) is 19.7 Å². The fourth-order valence-corrected chi connectivity index (χ4v) is 6.07. The molecule has 4 aromatic rings. The van der Waals surface area contributed by atoms with Gasteiger partial charge in [0.1, 0.15) is 23.3 Å². The molecule has 1 unspecified atom stereocenters. The molecule has 1 fully saturated rings. The van der Waals surface area contributed by atoms with Gasteiger partial charge in [0.05, 0.1) is 16.8 Å². The molecule has 1 saturated heterocycles. The van der Waals surface area contributed by atoms with E-state index in [4.69, 9.17) is 9.84 Å². The predicted molar refractivity (Wildman–Crippen MR) is 168 cm³/mol. The number of alkyl halides is 3. The third kappa shape index (κ3) is 6.65. The Morgan fingerprint density at radius 2 is 1.74 bits per heavy atom. The molecule has 0 spiro atoms. The number of ether oxygens (including phenoxy) is 1. The monoisotopic (exact) mass is 650 g/mol. The van der Waals surface area contributed by atoms with Crippen molar-refractivity contribution in [2.45, 2.75) is 64.3 Å². The summed E-state index contributed by atoms with van der Waals surface area (Å²) >= 11 is 0. The minimum absolute atomic E-state index is 0.0387. The van der Waals surface area contributed by atoms with Crippen LogP contribution in [0.3, 0.4) is 0 Å². The van der Waals surface area contributed by atoms with Crippen molar-refractivity contribution in [2.75, 3.05) is 23.7 Å². The van der Waals surface area contributed by atoms with E-state index in [2.05, 4.69) is 15.6 Å². The molecule has 0 radical (unpaired) electrons. The summed E-state index contributed by atoms with van der Waals surface area (Å²) in [5.74, 6) is -1.50. The summed E-state index contributed by atoms with van der Waals surface area (Å²) in [4.78, 5) is 32.3. The van der Waals surface area contributed by atoms with E-state index in [0.717, 1.165) is 16.8 Å². The molecular weight excluding hydrogens is 616 g/mol. The number of hydrogen-bond donors (Lipinski definition) is 2. The van der Waals surface area contributed by atoms with Crippen molar-refractivity contribution in [3.05, 3.63) is 94.8 Å². The smallest absolute Gasteiger partial charge is 0.419 e. The number of aromatic nitrogens is 3. The molecule has 13 heteroatoms. The molecule has 1 atom stereocenters. The first-order valence-electron chi connectivity index (χ1n) is 15.2. The van der Waals surface area contributed by atoms with Crippen LogP contribution in [-0.2, 0) is 15.7 Å². The SMILES string of the molecule is CC1=C(C(=O)Nc2ccc3cnccc3c2)C(c2ccc(C(F)(F)F)c(F)c2)n2nc(C3CCN(C(=O)OC(C)(C)C)CC3)cc2N1. The first kappa shape index (κ1) is 32.0. The molecule has 2 aliphatic rings. The number of nitrogens with one attached hydrogen (secondary N) is 2. The van der Waals surface area contributed by atoms with E-state index in [-0.39, 0.29) is 23.1 Å². The Labute approximate surface area is 268 Å². The van der Waals surface area contributed by atoms with E-state index in [1.165, 1.54) is 10.7 Å². The summed E-state index contributed by atoms with van der Waals surface area (Å²) in [6.07, 6.45) is -0.721. The summed E-state index contributed by atoms with van der Waals surface area (Å²) in [6.45, 7) is 8.02. The molecule has 0 saturated carbocycles. The molecule has 2 aromatic carbocycles. The fourth-order valence-electron chi connectivity index (χ4n) is 6.07. The second-order valence-electron chi connectivity index (χ2n) is 12.8. The Kier molecular flexibility index (Phi) is 8.18. The molecule has 0 bridgehead atoms. The van der Waals surface area contributed by atoms with Gasteiger partial charge in [-0.1, -0.05) is 12.1 Å². The van der Waals surface area contributed by atoms with Crippen molar-refractivity contribution in [2.24, 2.45) is 0 Å². The molecule has 4 heterocycles. The van der Waals surface area contributed by atoms with Crippen LogP contribution in [0.2, 0.25) is 0 Å². The van der Waals surface area contributed by atoms with Crippen LogP contribution >= 0.6 is 0 Å². The molecule has 2 aromatic heterocycles. The van der Waals surface area contributed by atoms with Crippen LogP contribution in [0.25, 0.3) is 10.8 Å². The van der Waals surface area contributed by atoms with Crippen molar-refractivity contribution in [1.29, 1.82) is 0 Å². The van der Waals surface area contributed by atoms with Gasteiger partial charge in [-0.25, -0.2) is 13.9 Å². The van der Waals surface area contributed by atoms with Crippen LogP contribution in [-0.4, -0.2) is 50.4 Å². The first-order valence-corrected chi connectivity index (χ1v) is 15.2. The van der Waals surface area contributed by atoms with Gasteiger partial charge in [0.15, 0.2) is 0 Å². The standard InChI is InChI=1S/C34H34F4N6O3/c1-19-29(31(45)41-24-7-5-23-18-39-12-9-21(23)15-24)30(22-6-8-25(26(35)16-22)34(36,37)38)44-28(40-19)17-27(42-44)20-10-13-43(14-11-20)32(46)47-33(2,3)4/h5-9,12,15-18,20,30,40H,10-11,13-14H2,1-4H3,(H,41,45). The quantitative estimate of drug-likeness (QED) is 0.220. The summed E-state index contributed by atoms with van der Waals surface area (Å²) < 4.78 is 62.4. The Morgan fingerprint density at radius 1 is 1.00 bits per heavy atom. The number of carbonyl (C=O) groups excluding carboxylic acids is 2. The number of pyridine rings is 1. The average molecular weight is 651 g/mol. The molecule has 6 rings (SSSR count). The van der Waals surface area contributed by atoms with Gasteiger partial charge in [-0.05, 0) is 81.8 Å². The Morgan fingerprint density at radius 3 is 2.43 bits per heavy atom. The van der Waals surface area contributed by atoms with E-state index < -0.39 is 35.1 Å². The number of anilines is 2. The van der Waals surface area contributed by atoms with Crippen LogP contribution in [0, 0.1) is 5.82 Å². The minimum Gasteiger partial charge on any atom is -0.444 e. The summed E-state index contributed by atoms with van der Waals surface area (Å²) in [7, 11) is 0. The predicted octanol–water partition coefficient (Wildman–Crippen LogP) is 7.63. The Balaban J connectivity index is 1.33. The molecule has 9 nitrogen and oxygen atoms in total. The highest BCUT2D eigenvalue weighted by molar-refractivity contribution is 6.06. The van der Waals surface area contributed by atoms with Crippen LogP contribution in [0.4, 0.5) is 33.9 Å². The third-order valence-electron chi connectivity index (χ3n) is 8.31. The zero-order chi connectivity index (χ0) is 33.7. The second-order valence-corrected chi connectivity index (χ2v) is 12.8. The highest BCUT2D eigenvalue weighted by atomic mass is 19.4. The number of hydrogen-bond acceptors (Lipinski definition) is 6. The lowest BCUT2D eigenvalue weighted by Crippen LogP contribution is -2.41. The Bertz CT molecular complexity index is 1890. The number of benzene rings is 2. The maximum Gasteiger partial charge on any atom is 0.419 e. The maximum atomic E-state index is 15.0. The molecular formula is C34H34F4N6O3. The number of halogens is 4. The average Bonchev–Trinajstić information content (AvgIpc) is 3.42. The number of carbonyl (C=O) groups is 2. The number of nitrogens with zero attached hydrogens (tertiary/aromatic N) is 4. The third-order valence-corrected chi connectivity index (χ3v) is 8.31. The zero-order valence-corrected chi connectivity index (χ0v) is 26.3. The number of rotatable bonds is 4. The maximum absolute atomic E-state index is 15.0. The normalized spacial score (nSPS) is 17.4. The summed E-state index contributed by atoms with van der Waals surface area (Å²) in [5.41, 5.74) is -0.0956. The number of allylic oxidation sites excluding steroid dienone is 1. The van der Waals surface area contributed by atoms with E-state index >= 15 is 0 Å². The van der Waals surface area contributed by atoms with Gasteiger partial charge >= 0.3 is 12.3 Å². The molecule has 2 aliphatic heterocycles. The Hall–Kier alpha value is -4.94. The van der Waals surface area contributed by atoms with Crippen LogP contribution in [0.15, 0.2) is 72.2 Å². The highest BCUT2D eigenvalue weighted by Gasteiger charge is 2.38. The molecule has 2 N–H and O–H groups in total. The van der Waals surface area contributed by atoms with E-state index in [0.29, 0.717) is 54.9 Å². The number of piperidine rings is 1. The molecule has 2 amide bonds. The van der Waals surface area contributed by atoms with Gasteiger partial charge < -0.3 is 20.3 Å². The largest absolute Gasteiger partial charge is 0.444 e. The van der Waals surface area contributed by atoms with Crippen molar-refractivity contribution < 1.29 is 31.9 Å². The van der Waals surface area contributed by atoms with Crippen LogP contribution in [0.5, 0.6) is 0 Å².